The van der Waals surface area contributed by atoms with Gasteiger partial charge in [0, 0.05) is 18.2 Å². The van der Waals surface area contributed by atoms with Gasteiger partial charge in [-0.3, -0.25) is 9.36 Å². The third kappa shape index (κ3) is 5.26. The number of carbonyl (C=O) groups is 1. The first-order chi connectivity index (χ1) is 15.0. The molecule has 2 aromatic carbocycles. The highest BCUT2D eigenvalue weighted by Gasteiger charge is 2.22. The van der Waals surface area contributed by atoms with Gasteiger partial charge in [0.25, 0.3) is 0 Å². The average molecular weight is 448 g/mol. The van der Waals surface area contributed by atoms with Crippen LogP contribution in [-0.4, -0.2) is 39.1 Å². The predicted molar refractivity (Wildman–Crippen MR) is 110 cm³/mol. The molecule has 2 heterocycles. The number of carbonyl (C=O) groups excluding carboxylic acids is 1. The topological polar surface area (TPSA) is 69.0 Å². The minimum absolute atomic E-state index is 0.00948. The van der Waals surface area contributed by atoms with E-state index in [4.69, 9.17) is 4.74 Å². The molecule has 1 fully saturated rings. The number of anilines is 1. The molecule has 1 aromatic heterocycles. The zero-order chi connectivity index (χ0) is 21.8. The third-order valence-electron chi connectivity index (χ3n) is 4.76. The Balaban J connectivity index is 1.50. The molecule has 10 heteroatoms. The first-order valence-electron chi connectivity index (χ1n) is 9.68. The standard InChI is InChI=1S/C21H19F3N4O2S/c22-14-5-3-13(4-6-14)20-26-27-21(28(20)11-16-2-1-9-30-16)31-12-19(29)25-18-10-15(23)7-8-17(18)24/h3-8,10,16H,1-2,9,11-12H2,(H,25,29). The molecule has 31 heavy (non-hydrogen) atoms. The fourth-order valence-electron chi connectivity index (χ4n) is 3.27. The van der Waals surface area contributed by atoms with Gasteiger partial charge in [0.2, 0.25) is 5.91 Å². The van der Waals surface area contributed by atoms with Crippen molar-refractivity contribution in [3.05, 3.63) is 59.9 Å². The molecule has 4 rings (SSSR count). The first-order valence-corrected chi connectivity index (χ1v) is 10.7. The summed E-state index contributed by atoms with van der Waals surface area (Å²) in [6, 6.07) is 8.75. The molecule has 1 aliphatic heterocycles. The maximum absolute atomic E-state index is 13.7. The summed E-state index contributed by atoms with van der Waals surface area (Å²) >= 11 is 1.12. The molecular weight excluding hydrogens is 429 g/mol. The summed E-state index contributed by atoms with van der Waals surface area (Å²) in [7, 11) is 0. The zero-order valence-corrected chi connectivity index (χ0v) is 17.2. The number of aromatic nitrogens is 3. The summed E-state index contributed by atoms with van der Waals surface area (Å²) in [5.74, 6) is -1.78. The second-order valence-electron chi connectivity index (χ2n) is 7.02. The second-order valence-corrected chi connectivity index (χ2v) is 7.96. The van der Waals surface area contributed by atoms with Crippen LogP contribution in [0.2, 0.25) is 0 Å². The van der Waals surface area contributed by atoms with E-state index >= 15 is 0 Å². The molecule has 0 aliphatic carbocycles. The molecule has 1 aliphatic rings. The quantitative estimate of drug-likeness (QED) is 0.547. The van der Waals surface area contributed by atoms with Gasteiger partial charge in [0.15, 0.2) is 11.0 Å². The number of nitrogens with zero attached hydrogens (tertiary/aromatic N) is 3. The van der Waals surface area contributed by atoms with Crippen LogP contribution in [-0.2, 0) is 16.1 Å². The van der Waals surface area contributed by atoms with E-state index in [1.807, 2.05) is 4.57 Å². The Bertz CT molecular complexity index is 1070. The number of benzene rings is 2. The van der Waals surface area contributed by atoms with E-state index in [0.29, 0.717) is 29.7 Å². The highest BCUT2D eigenvalue weighted by molar-refractivity contribution is 7.99. The smallest absolute Gasteiger partial charge is 0.234 e. The lowest BCUT2D eigenvalue weighted by Gasteiger charge is -2.14. The average Bonchev–Trinajstić information content (AvgIpc) is 3.40. The van der Waals surface area contributed by atoms with Gasteiger partial charge in [0.1, 0.15) is 17.5 Å². The molecule has 0 saturated carbocycles. The van der Waals surface area contributed by atoms with Crippen molar-refractivity contribution >= 4 is 23.4 Å². The second kappa shape index (κ2) is 9.52. The number of rotatable bonds is 7. The molecule has 3 aromatic rings. The summed E-state index contributed by atoms with van der Waals surface area (Å²) in [6.07, 6.45) is 1.84. The van der Waals surface area contributed by atoms with Gasteiger partial charge in [-0.2, -0.15) is 0 Å². The van der Waals surface area contributed by atoms with Gasteiger partial charge in [-0.15, -0.1) is 10.2 Å². The Labute approximate surface area is 180 Å². The minimum atomic E-state index is -0.722. The van der Waals surface area contributed by atoms with Crippen LogP contribution in [0.15, 0.2) is 47.6 Å². The minimum Gasteiger partial charge on any atom is -0.376 e. The molecule has 1 unspecified atom stereocenters. The normalized spacial score (nSPS) is 15.9. The maximum atomic E-state index is 13.7. The Morgan fingerprint density at radius 1 is 1.13 bits per heavy atom. The lowest BCUT2D eigenvalue weighted by molar-refractivity contribution is -0.113. The van der Waals surface area contributed by atoms with E-state index in [1.165, 1.54) is 12.1 Å². The molecule has 1 atom stereocenters. The molecule has 1 saturated heterocycles. The van der Waals surface area contributed by atoms with Gasteiger partial charge >= 0.3 is 0 Å². The van der Waals surface area contributed by atoms with Crippen molar-refractivity contribution in [3.8, 4) is 11.4 Å². The fraction of sp³-hybridized carbons (Fsp3) is 0.286. The van der Waals surface area contributed by atoms with E-state index in [-0.39, 0.29) is 23.4 Å². The number of nitrogens with one attached hydrogen (secondary N) is 1. The number of ether oxygens (including phenoxy) is 1. The molecule has 0 bridgehead atoms. The summed E-state index contributed by atoms with van der Waals surface area (Å²) in [6.45, 7) is 1.17. The number of hydrogen-bond acceptors (Lipinski definition) is 5. The lowest BCUT2D eigenvalue weighted by atomic mass is 10.2. The van der Waals surface area contributed by atoms with E-state index in [1.54, 1.807) is 12.1 Å². The molecular formula is C21H19F3N4O2S. The molecule has 162 valence electrons. The van der Waals surface area contributed by atoms with Gasteiger partial charge in [-0.05, 0) is 49.2 Å². The first kappa shape index (κ1) is 21.4. The summed E-state index contributed by atoms with van der Waals surface area (Å²) in [5.41, 5.74) is 0.462. The predicted octanol–water partition coefficient (Wildman–Crippen LogP) is 4.27. The van der Waals surface area contributed by atoms with Crippen molar-refractivity contribution in [2.45, 2.75) is 30.6 Å². The third-order valence-corrected chi connectivity index (χ3v) is 5.73. The lowest BCUT2D eigenvalue weighted by Crippen LogP contribution is -2.18. The number of hydrogen-bond donors (Lipinski definition) is 1. The van der Waals surface area contributed by atoms with Crippen molar-refractivity contribution in [1.29, 1.82) is 0 Å². The van der Waals surface area contributed by atoms with E-state index in [0.717, 1.165) is 42.8 Å². The fourth-order valence-corrected chi connectivity index (χ4v) is 4.02. The van der Waals surface area contributed by atoms with Gasteiger partial charge in [-0.25, -0.2) is 13.2 Å². The van der Waals surface area contributed by atoms with E-state index < -0.39 is 17.5 Å². The van der Waals surface area contributed by atoms with Crippen LogP contribution in [0.5, 0.6) is 0 Å². The Morgan fingerprint density at radius 2 is 1.90 bits per heavy atom. The number of amides is 1. The molecule has 0 spiro atoms. The zero-order valence-electron chi connectivity index (χ0n) is 16.4. The number of thioether (sulfide) groups is 1. The Morgan fingerprint density at radius 3 is 2.65 bits per heavy atom. The summed E-state index contributed by atoms with van der Waals surface area (Å²) < 4.78 is 47.9. The van der Waals surface area contributed by atoms with Crippen LogP contribution < -0.4 is 5.32 Å². The Kier molecular flexibility index (Phi) is 6.57. The van der Waals surface area contributed by atoms with Crippen molar-refractivity contribution in [1.82, 2.24) is 14.8 Å². The van der Waals surface area contributed by atoms with Crippen molar-refractivity contribution < 1.29 is 22.7 Å². The monoisotopic (exact) mass is 448 g/mol. The highest BCUT2D eigenvalue weighted by Crippen LogP contribution is 2.27. The summed E-state index contributed by atoms with van der Waals surface area (Å²) in [4.78, 5) is 12.3. The van der Waals surface area contributed by atoms with Gasteiger partial charge in [-0.1, -0.05) is 11.8 Å². The largest absolute Gasteiger partial charge is 0.376 e. The van der Waals surface area contributed by atoms with Crippen LogP contribution >= 0.6 is 11.8 Å². The van der Waals surface area contributed by atoms with Crippen molar-refractivity contribution in [2.75, 3.05) is 17.7 Å². The van der Waals surface area contributed by atoms with Crippen LogP contribution in [0.25, 0.3) is 11.4 Å². The van der Waals surface area contributed by atoms with Gasteiger partial charge in [0.05, 0.1) is 24.1 Å². The molecule has 6 nitrogen and oxygen atoms in total. The van der Waals surface area contributed by atoms with Crippen LogP contribution in [0.4, 0.5) is 18.9 Å². The highest BCUT2D eigenvalue weighted by atomic mass is 32.2. The van der Waals surface area contributed by atoms with Gasteiger partial charge < -0.3 is 10.1 Å². The Hall–Kier alpha value is -2.85. The van der Waals surface area contributed by atoms with Crippen LogP contribution in [0.1, 0.15) is 12.8 Å². The summed E-state index contributed by atoms with van der Waals surface area (Å²) in [5, 5.41) is 11.2. The number of halogens is 3. The van der Waals surface area contributed by atoms with E-state index in [2.05, 4.69) is 15.5 Å². The molecule has 1 N–H and O–H groups in total. The van der Waals surface area contributed by atoms with E-state index in [9.17, 15) is 18.0 Å². The molecule has 0 radical (unpaired) electrons. The molecule has 1 amide bonds. The SMILES string of the molecule is O=C(CSc1nnc(-c2ccc(F)cc2)n1CC1CCCO1)Nc1cc(F)ccc1F. The maximum Gasteiger partial charge on any atom is 0.234 e. The van der Waals surface area contributed by atoms with Crippen LogP contribution in [0, 0.1) is 17.5 Å². The van der Waals surface area contributed by atoms with Crippen molar-refractivity contribution in [3.63, 3.8) is 0 Å². The van der Waals surface area contributed by atoms with Crippen molar-refractivity contribution in [2.24, 2.45) is 0 Å². The van der Waals surface area contributed by atoms with Crippen LogP contribution in [0.3, 0.4) is 0 Å².